The molecule has 0 bridgehead atoms. The van der Waals surface area contributed by atoms with Crippen molar-refractivity contribution in [3.8, 4) is 0 Å². The van der Waals surface area contributed by atoms with Crippen molar-refractivity contribution < 1.29 is 8.78 Å². The fourth-order valence-corrected chi connectivity index (χ4v) is 6.78. The van der Waals surface area contributed by atoms with Gasteiger partial charge in [-0.25, -0.2) is 8.78 Å². The standard InChI is InChI=1S/C30H30F2NPS3/c1-21(28-16-10-23(31)19-22(28)7-6-18-35-2)33(29-20-24(32)11-17-30(29)34)37-27-14-12-26(13-15-27)36-25-8-4-3-5-9-25/h3-5,8-17,19-21H,6-7,18,34H2,1-2H3. The van der Waals surface area contributed by atoms with E-state index in [1.807, 2.05) is 24.3 Å². The van der Waals surface area contributed by atoms with Crippen molar-refractivity contribution in [2.45, 2.75) is 40.5 Å². The molecule has 0 aliphatic heterocycles. The molecule has 7 heteroatoms. The summed E-state index contributed by atoms with van der Waals surface area (Å²) in [4.78, 5) is 3.39. The van der Waals surface area contributed by atoms with Gasteiger partial charge in [-0.15, -0.1) is 9.24 Å². The van der Waals surface area contributed by atoms with Crippen molar-refractivity contribution in [3.05, 3.63) is 114 Å². The number of hydrogen-bond donors (Lipinski definition) is 0. The minimum absolute atomic E-state index is 0.116. The Hall–Kier alpha value is -1.98. The molecule has 0 fully saturated rings. The summed E-state index contributed by atoms with van der Waals surface area (Å²) >= 11 is 5.08. The third-order valence-electron chi connectivity index (χ3n) is 5.94. The van der Waals surface area contributed by atoms with Crippen molar-refractivity contribution in [1.29, 1.82) is 0 Å². The van der Waals surface area contributed by atoms with E-state index in [0.717, 1.165) is 50.5 Å². The molecular weight excluding hydrogens is 540 g/mol. The van der Waals surface area contributed by atoms with Crippen molar-refractivity contribution in [3.63, 3.8) is 0 Å². The number of benzene rings is 4. The SMILES string of the molecule is CSCCCc1cc(F)ccc1C(C)N(Sc1ccc(Sc2ccccc2)cc1)c1cc(F)ccc1P. The van der Waals surface area contributed by atoms with Crippen LogP contribution in [0.5, 0.6) is 0 Å². The van der Waals surface area contributed by atoms with Gasteiger partial charge in [-0.1, -0.05) is 42.1 Å². The third-order valence-corrected chi connectivity index (χ3v) is 9.33. The second kappa shape index (κ2) is 13.7. The lowest BCUT2D eigenvalue weighted by molar-refractivity contribution is 0.621. The molecule has 2 unspecified atom stereocenters. The first-order chi connectivity index (χ1) is 17.9. The number of rotatable bonds is 11. The van der Waals surface area contributed by atoms with E-state index in [9.17, 15) is 8.78 Å². The molecule has 4 rings (SSSR count). The van der Waals surface area contributed by atoms with Crippen LogP contribution in [-0.4, -0.2) is 12.0 Å². The van der Waals surface area contributed by atoms with Gasteiger partial charge in [0.1, 0.15) is 11.6 Å². The Morgan fingerprint density at radius 1 is 0.811 bits per heavy atom. The van der Waals surface area contributed by atoms with Crippen LogP contribution >= 0.6 is 44.7 Å². The molecule has 0 saturated carbocycles. The highest BCUT2D eigenvalue weighted by Gasteiger charge is 2.23. The van der Waals surface area contributed by atoms with Crippen molar-refractivity contribution in [2.24, 2.45) is 0 Å². The van der Waals surface area contributed by atoms with Gasteiger partial charge in [0.15, 0.2) is 0 Å². The Kier molecular flexibility index (Phi) is 10.4. The highest BCUT2D eigenvalue weighted by molar-refractivity contribution is 8.00. The fraction of sp³-hybridized carbons (Fsp3) is 0.200. The van der Waals surface area contributed by atoms with E-state index in [1.165, 1.54) is 17.0 Å². The topological polar surface area (TPSA) is 3.24 Å². The molecule has 4 aromatic rings. The van der Waals surface area contributed by atoms with Crippen molar-refractivity contribution in [1.82, 2.24) is 0 Å². The Labute approximate surface area is 234 Å². The molecule has 37 heavy (non-hydrogen) atoms. The highest BCUT2D eigenvalue weighted by Crippen LogP contribution is 2.39. The van der Waals surface area contributed by atoms with E-state index in [-0.39, 0.29) is 17.7 Å². The highest BCUT2D eigenvalue weighted by atomic mass is 32.2. The normalized spacial score (nSPS) is 11.9. The average molecular weight is 570 g/mol. The van der Waals surface area contributed by atoms with E-state index < -0.39 is 0 Å². The van der Waals surface area contributed by atoms with E-state index in [0.29, 0.717) is 0 Å². The Morgan fingerprint density at radius 3 is 2.19 bits per heavy atom. The molecule has 4 aromatic carbocycles. The Bertz CT molecular complexity index is 1300. The van der Waals surface area contributed by atoms with Crippen LogP contribution in [0.3, 0.4) is 0 Å². The van der Waals surface area contributed by atoms with Crippen LogP contribution in [0.15, 0.2) is 106 Å². The fourth-order valence-electron chi connectivity index (χ4n) is 4.08. The van der Waals surface area contributed by atoms with Gasteiger partial charge in [-0.05, 0) is 121 Å². The molecule has 0 aromatic heterocycles. The predicted molar refractivity (Wildman–Crippen MR) is 163 cm³/mol. The van der Waals surface area contributed by atoms with E-state index in [4.69, 9.17) is 0 Å². The summed E-state index contributed by atoms with van der Waals surface area (Å²) in [6.07, 6.45) is 3.87. The summed E-state index contributed by atoms with van der Waals surface area (Å²) in [6.45, 7) is 2.10. The summed E-state index contributed by atoms with van der Waals surface area (Å²) in [6, 6.07) is 28.5. The van der Waals surface area contributed by atoms with E-state index in [1.54, 1.807) is 53.7 Å². The Balaban J connectivity index is 1.64. The minimum atomic E-state index is -0.284. The van der Waals surface area contributed by atoms with Crippen LogP contribution in [0.2, 0.25) is 0 Å². The number of hydrogen-bond acceptors (Lipinski definition) is 4. The van der Waals surface area contributed by atoms with Gasteiger partial charge in [0.05, 0.1) is 11.7 Å². The molecule has 0 radical (unpaired) electrons. The van der Waals surface area contributed by atoms with Gasteiger partial charge >= 0.3 is 0 Å². The maximum atomic E-state index is 14.4. The van der Waals surface area contributed by atoms with Crippen LogP contribution in [0.1, 0.15) is 30.5 Å². The van der Waals surface area contributed by atoms with Crippen LogP contribution in [0, 0.1) is 11.6 Å². The molecule has 2 atom stereocenters. The third kappa shape index (κ3) is 7.77. The molecule has 0 N–H and O–H groups in total. The number of anilines is 1. The summed E-state index contributed by atoms with van der Waals surface area (Å²) in [5, 5.41) is 0.906. The van der Waals surface area contributed by atoms with Gasteiger partial charge < -0.3 is 4.31 Å². The predicted octanol–water partition coefficient (Wildman–Crippen LogP) is 9.19. The van der Waals surface area contributed by atoms with E-state index >= 15 is 0 Å². The molecule has 0 spiro atoms. The number of thioether (sulfide) groups is 1. The van der Waals surface area contributed by atoms with Gasteiger partial charge in [0, 0.05) is 14.7 Å². The first-order valence-corrected chi connectivity index (χ1v) is 15.6. The van der Waals surface area contributed by atoms with Crippen LogP contribution < -0.4 is 9.61 Å². The quantitative estimate of drug-likeness (QED) is 0.101. The molecule has 0 saturated heterocycles. The lowest BCUT2D eigenvalue weighted by Crippen LogP contribution is -2.24. The molecule has 0 aliphatic rings. The maximum Gasteiger partial charge on any atom is 0.125 e. The van der Waals surface area contributed by atoms with Crippen LogP contribution in [0.25, 0.3) is 0 Å². The van der Waals surface area contributed by atoms with Crippen LogP contribution in [0.4, 0.5) is 14.5 Å². The first-order valence-electron chi connectivity index (χ1n) is 12.1. The summed E-state index contributed by atoms with van der Waals surface area (Å²) in [5.74, 6) is 0.515. The maximum absolute atomic E-state index is 14.4. The Morgan fingerprint density at radius 2 is 1.46 bits per heavy atom. The smallest absolute Gasteiger partial charge is 0.125 e. The molecule has 1 nitrogen and oxygen atoms in total. The van der Waals surface area contributed by atoms with Gasteiger partial charge in [0.2, 0.25) is 0 Å². The van der Waals surface area contributed by atoms with Crippen molar-refractivity contribution in [2.75, 3.05) is 16.3 Å². The number of aryl methyl sites for hydroxylation is 1. The monoisotopic (exact) mass is 569 g/mol. The van der Waals surface area contributed by atoms with Gasteiger partial charge in [-0.3, -0.25) is 0 Å². The largest absolute Gasteiger partial charge is 0.304 e. The van der Waals surface area contributed by atoms with Gasteiger partial charge in [-0.2, -0.15) is 11.8 Å². The zero-order chi connectivity index (χ0) is 26.2. The average Bonchev–Trinajstić information content (AvgIpc) is 2.90. The summed E-state index contributed by atoms with van der Waals surface area (Å²) in [7, 11) is 2.72. The lowest BCUT2D eigenvalue weighted by atomic mass is 9.97. The van der Waals surface area contributed by atoms with E-state index in [2.05, 4.69) is 63.1 Å². The summed E-state index contributed by atoms with van der Waals surface area (Å²) < 4.78 is 30.8. The zero-order valence-electron chi connectivity index (χ0n) is 20.9. The van der Waals surface area contributed by atoms with Gasteiger partial charge in [0.25, 0.3) is 0 Å². The molecule has 192 valence electrons. The van der Waals surface area contributed by atoms with Crippen molar-refractivity contribution >= 4 is 55.7 Å². The lowest BCUT2D eigenvalue weighted by Gasteiger charge is -2.32. The van der Waals surface area contributed by atoms with Crippen LogP contribution in [-0.2, 0) is 6.42 Å². The minimum Gasteiger partial charge on any atom is -0.304 e. The zero-order valence-corrected chi connectivity index (χ0v) is 24.5. The molecule has 0 heterocycles. The first kappa shape index (κ1) is 28.0. The molecule has 0 amide bonds. The number of halogens is 2. The molecule has 0 aliphatic carbocycles. The number of nitrogens with zero attached hydrogens (tertiary/aromatic N) is 1. The summed E-state index contributed by atoms with van der Waals surface area (Å²) in [5.41, 5.74) is 2.84. The molecular formula is C30H30F2NPS3. The second-order valence-electron chi connectivity index (χ2n) is 8.62. The second-order valence-corrected chi connectivity index (χ2v) is 12.4.